The number of aromatic nitrogens is 1. The lowest BCUT2D eigenvalue weighted by Gasteiger charge is -2.28. The number of hydrogen-bond acceptors (Lipinski definition) is 3. The first-order chi connectivity index (χ1) is 11.8. The van der Waals surface area contributed by atoms with E-state index in [-0.39, 0.29) is 0 Å². The van der Waals surface area contributed by atoms with Crippen molar-refractivity contribution in [1.82, 2.24) is 4.98 Å². The van der Waals surface area contributed by atoms with Crippen molar-refractivity contribution in [2.24, 2.45) is 0 Å². The first-order valence-electron chi connectivity index (χ1n) is 8.04. The topological polar surface area (TPSA) is 29.3 Å². The summed E-state index contributed by atoms with van der Waals surface area (Å²) >= 11 is 6.27. The van der Waals surface area contributed by atoms with Gasteiger partial charge in [-0.2, -0.15) is 8.78 Å². The quantitative estimate of drug-likeness (QED) is 0.627. The number of anilines is 1. The van der Waals surface area contributed by atoms with Gasteiger partial charge in [-0.15, -0.1) is 0 Å². The molecule has 6 heteroatoms. The van der Waals surface area contributed by atoms with E-state index in [1.54, 1.807) is 36.4 Å². The highest BCUT2D eigenvalue weighted by Gasteiger charge is 2.49. The van der Waals surface area contributed by atoms with Gasteiger partial charge in [-0.1, -0.05) is 42.8 Å². The van der Waals surface area contributed by atoms with Crippen LogP contribution in [0.2, 0.25) is 5.02 Å². The number of para-hydroxylation sites is 3. The highest BCUT2D eigenvalue weighted by molar-refractivity contribution is 6.33. The van der Waals surface area contributed by atoms with Crippen LogP contribution in [0.15, 0.2) is 46.9 Å². The Morgan fingerprint density at radius 3 is 2.76 bits per heavy atom. The van der Waals surface area contributed by atoms with Crippen LogP contribution in [0.4, 0.5) is 14.5 Å². The third-order valence-electron chi connectivity index (χ3n) is 4.82. The average Bonchev–Trinajstić information content (AvgIpc) is 3.08. The summed E-state index contributed by atoms with van der Waals surface area (Å²) in [5, 5.41) is 0.578. The van der Waals surface area contributed by atoms with Gasteiger partial charge in [0.05, 0.1) is 10.7 Å². The number of rotatable bonds is 3. The Morgan fingerprint density at radius 1 is 1.24 bits per heavy atom. The average molecular weight is 363 g/mol. The van der Waals surface area contributed by atoms with Crippen molar-refractivity contribution in [1.29, 1.82) is 0 Å². The molecule has 1 aromatic heterocycles. The lowest BCUT2D eigenvalue weighted by atomic mass is 9.79. The number of benzene rings is 2. The summed E-state index contributed by atoms with van der Waals surface area (Å²) in [7, 11) is 1.87. The maximum atomic E-state index is 15.0. The third kappa shape index (κ3) is 2.58. The number of nitrogens with zero attached hydrogens (tertiary/aromatic N) is 2. The minimum atomic E-state index is -3.18. The molecular weight excluding hydrogens is 346 g/mol. The molecule has 0 saturated carbocycles. The summed E-state index contributed by atoms with van der Waals surface area (Å²) < 4.78 is 35.3. The van der Waals surface area contributed by atoms with E-state index in [2.05, 4.69) is 4.98 Å². The highest BCUT2D eigenvalue weighted by atomic mass is 35.5. The zero-order valence-electron chi connectivity index (χ0n) is 13.9. The summed E-state index contributed by atoms with van der Waals surface area (Å²) in [6, 6.07) is 12.2. The molecule has 130 valence electrons. The van der Waals surface area contributed by atoms with Crippen LogP contribution in [0.1, 0.15) is 24.8 Å². The molecule has 1 aliphatic rings. The SMILES string of the molecule is CN1CC(C)(CC(F)(F)c2nc3ccccc3o2)c2cccc(Cl)c21. The van der Waals surface area contributed by atoms with E-state index in [1.165, 1.54) is 0 Å². The smallest absolute Gasteiger partial charge is 0.323 e. The van der Waals surface area contributed by atoms with E-state index in [9.17, 15) is 0 Å². The number of halogens is 3. The Morgan fingerprint density at radius 2 is 2.00 bits per heavy atom. The normalized spacial score (nSPS) is 20.3. The molecule has 3 nitrogen and oxygen atoms in total. The molecule has 4 rings (SSSR count). The maximum absolute atomic E-state index is 15.0. The summed E-state index contributed by atoms with van der Waals surface area (Å²) in [5.41, 5.74) is 1.71. The van der Waals surface area contributed by atoms with Crippen LogP contribution in [0.5, 0.6) is 0 Å². The van der Waals surface area contributed by atoms with Gasteiger partial charge in [0.25, 0.3) is 5.89 Å². The molecule has 1 unspecified atom stereocenters. The first kappa shape index (κ1) is 16.3. The number of likely N-dealkylation sites (N-methyl/N-ethyl adjacent to an activating group) is 1. The largest absolute Gasteiger partial charge is 0.435 e. The van der Waals surface area contributed by atoms with Gasteiger partial charge in [-0.05, 0) is 23.8 Å². The van der Waals surface area contributed by atoms with Crippen LogP contribution in [0, 0.1) is 0 Å². The predicted octanol–water partition coefficient (Wildman–Crippen LogP) is 5.37. The molecule has 0 amide bonds. The lowest BCUT2D eigenvalue weighted by molar-refractivity contribution is -0.0543. The Balaban J connectivity index is 1.73. The van der Waals surface area contributed by atoms with Crippen molar-refractivity contribution in [3.8, 4) is 0 Å². The van der Waals surface area contributed by atoms with E-state index in [1.807, 2.05) is 24.9 Å². The molecule has 2 heterocycles. The Kier molecular flexibility index (Phi) is 3.55. The van der Waals surface area contributed by atoms with E-state index in [4.69, 9.17) is 16.0 Å². The van der Waals surface area contributed by atoms with Gasteiger partial charge in [-0.3, -0.25) is 0 Å². The molecule has 1 aliphatic heterocycles. The minimum Gasteiger partial charge on any atom is -0.435 e. The van der Waals surface area contributed by atoms with E-state index in [0.717, 1.165) is 11.3 Å². The van der Waals surface area contributed by atoms with Crippen molar-refractivity contribution in [2.75, 3.05) is 18.5 Å². The van der Waals surface area contributed by atoms with Gasteiger partial charge in [-0.25, -0.2) is 4.98 Å². The molecule has 3 aromatic rings. The molecule has 0 aliphatic carbocycles. The van der Waals surface area contributed by atoms with Crippen molar-refractivity contribution in [3.63, 3.8) is 0 Å². The number of fused-ring (bicyclic) bond motifs is 2. The third-order valence-corrected chi connectivity index (χ3v) is 5.13. The second-order valence-corrected chi connectivity index (χ2v) is 7.33. The van der Waals surface area contributed by atoms with Gasteiger partial charge in [0, 0.05) is 25.4 Å². The van der Waals surface area contributed by atoms with Crippen LogP contribution >= 0.6 is 11.6 Å². The number of alkyl halides is 2. The molecule has 0 fully saturated rings. The summed E-state index contributed by atoms with van der Waals surface area (Å²) in [4.78, 5) is 5.92. The van der Waals surface area contributed by atoms with E-state index >= 15 is 8.78 Å². The Hall–Kier alpha value is -2.14. The minimum absolute atomic E-state index is 0.370. The molecule has 0 radical (unpaired) electrons. The molecular formula is C19H17ClF2N2O. The summed E-state index contributed by atoms with van der Waals surface area (Å²) in [6.45, 7) is 2.30. The van der Waals surface area contributed by atoms with Crippen LogP contribution in [0.25, 0.3) is 11.1 Å². The number of hydrogen-bond donors (Lipinski definition) is 0. The van der Waals surface area contributed by atoms with Gasteiger partial charge >= 0.3 is 5.92 Å². The van der Waals surface area contributed by atoms with E-state index < -0.39 is 23.6 Å². The second-order valence-electron chi connectivity index (χ2n) is 6.92. The monoisotopic (exact) mass is 362 g/mol. The first-order valence-corrected chi connectivity index (χ1v) is 8.42. The van der Waals surface area contributed by atoms with Crippen LogP contribution < -0.4 is 4.90 Å². The highest BCUT2D eigenvalue weighted by Crippen LogP contribution is 2.50. The molecule has 0 bridgehead atoms. The van der Waals surface area contributed by atoms with Crippen molar-refractivity contribution >= 4 is 28.4 Å². The van der Waals surface area contributed by atoms with Gasteiger partial charge in [0.15, 0.2) is 5.58 Å². The summed E-state index contributed by atoms with van der Waals surface area (Å²) in [5.74, 6) is -3.72. The van der Waals surface area contributed by atoms with Crippen LogP contribution in [0.3, 0.4) is 0 Å². The standard InChI is InChI=1S/C19H17ClF2N2O/c1-18(11-24(2)16-12(18)6-5-7-13(16)20)10-19(21,22)17-23-14-8-3-4-9-15(14)25-17/h3-9H,10-11H2,1-2H3. The fourth-order valence-corrected chi connectivity index (χ4v) is 4.14. The van der Waals surface area contributed by atoms with Crippen LogP contribution in [-0.2, 0) is 11.3 Å². The predicted molar refractivity (Wildman–Crippen MR) is 94.6 cm³/mol. The zero-order chi connectivity index (χ0) is 17.8. The van der Waals surface area contributed by atoms with Crippen LogP contribution in [-0.4, -0.2) is 18.6 Å². The molecule has 25 heavy (non-hydrogen) atoms. The van der Waals surface area contributed by atoms with Crippen molar-refractivity contribution in [3.05, 3.63) is 58.9 Å². The Labute approximate surface area is 149 Å². The zero-order valence-corrected chi connectivity index (χ0v) is 14.6. The lowest BCUT2D eigenvalue weighted by Crippen LogP contribution is -2.34. The Bertz CT molecular complexity index is 923. The molecule has 0 N–H and O–H groups in total. The maximum Gasteiger partial charge on any atom is 0.323 e. The molecule has 1 atom stereocenters. The molecule has 2 aromatic carbocycles. The van der Waals surface area contributed by atoms with Crippen molar-refractivity contribution in [2.45, 2.75) is 24.7 Å². The van der Waals surface area contributed by atoms with Crippen molar-refractivity contribution < 1.29 is 13.2 Å². The fraction of sp³-hybridized carbons (Fsp3) is 0.316. The fourth-order valence-electron chi connectivity index (χ4n) is 3.82. The van der Waals surface area contributed by atoms with Gasteiger partial charge in [0.2, 0.25) is 0 Å². The van der Waals surface area contributed by atoms with E-state index in [0.29, 0.717) is 22.7 Å². The number of oxazole rings is 1. The second kappa shape index (κ2) is 5.43. The molecule has 0 saturated heterocycles. The van der Waals surface area contributed by atoms with Gasteiger partial charge in [0.1, 0.15) is 5.52 Å². The molecule has 0 spiro atoms. The van der Waals surface area contributed by atoms with Gasteiger partial charge < -0.3 is 9.32 Å². The summed E-state index contributed by atoms with van der Waals surface area (Å²) in [6.07, 6.45) is -0.398.